The predicted molar refractivity (Wildman–Crippen MR) is 161 cm³/mol. The molecule has 3 fully saturated rings. The average Bonchev–Trinajstić information content (AvgIpc) is 3.67. The number of nitrogens with one attached hydrogen (secondary N) is 1. The van der Waals surface area contributed by atoms with Crippen LogP contribution < -0.4 is 9.80 Å². The number of fused-ring (bicyclic) bond motifs is 1. The van der Waals surface area contributed by atoms with E-state index in [4.69, 9.17) is 0 Å². The summed E-state index contributed by atoms with van der Waals surface area (Å²) in [6.45, 7) is 12.3. The summed E-state index contributed by atoms with van der Waals surface area (Å²) in [4.78, 5) is 20.6. The number of carbonyl (C=O) groups is 1. The van der Waals surface area contributed by atoms with E-state index in [1.165, 1.54) is 18.9 Å². The summed E-state index contributed by atoms with van der Waals surface area (Å²) in [6.07, 6.45) is 7.37. The third-order valence-corrected chi connectivity index (χ3v) is 9.48. The minimum atomic E-state index is -0.364. The fourth-order valence-corrected chi connectivity index (χ4v) is 6.97. The standard InChI is InChI=1S/C32H38FN7O/c1-4-28(41)40-20-32(21-40)9-13-39(14-10-32)26-17-27(37(3)15-16-38-11-5-6-12-38)31(33)30(23(26)18-34)29-22(2)7-8-25-24(29)19-35-36-25/h4,7-8,17,19H,1,5-6,9-16,20-21H2,2-3H3,(H,35,36). The molecule has 3 aromatic rings. The molecule has 0 radical (unpaired) electrons. The van der Waals surface area contributed by atoms with Crippen molar-refractivity contribution in [2.75, 3.05) is 69.2 Å². The molecular formula is C32H38FN7O. The largest absolute Gasteiger partial charge is 0.371 e. The highest BCUT2D eigenvalue weighted by Crippen LogP contribution is 2.46. The van der Waals surface area contributed by atoms with Gasteiger partial charge in [0.2, 0.25) is 5.91 Å². The lowest BCUT2D eigenvalue weighted by atomic mass is 9.71. The van der Waals surface area contributed by atoms with Gasteiger partial charge in [-0.05, 0) is 75.0 Å². The molecule has 0 atom stereocenters. The molecular weight excluding hydrogens is 517 g/mol. The van der Waals surface area contributed by atoms with E-state index in [9.17, 15) is 10.1 Å². The van der Waals surface area contributed by atoms with Gasteiger partial charge in [0, 0.05) is 62.7 Å². The predicted octanol–water partition coefficient (Wildman–Crippen LogP) is 4.70. The quantitative estimate of drug-likeness (QED) is 0.426. The van der Waals surface area contributed by atoms with E-state index in [-0.39, 0.29) is 17.1 Å². The number of rotatable bonds is 7. The van der Waals surface area contributed by atoms with Crippen LogP contribution in [0.15, 0.2) is 37.1 Å². The number of carbonyl (C=O) groups excluding carboxylic acids is 1. The minimum Gasteiger partial charge on any atom is -0.371 e. The number of aromatic nitrogens is 2. The molecule has 214 valence electrons. The number of likely N-dealkylation sites (N-methyl/N-ethyl adjacent to an activating group) is 1. The monoisotopic (exact) mass is 555 g/mol. The van der Waals surface area contributed by atoms with E-state index in [0.29, 0.717) is 28.9 Å². The molecule has 0 saturated carbocycles. The fraction of sp³-hybridized carbons (Fsp3) is 0.469. The number of halogens is 1. The van der Waals surface area contributed by atoms with Crippen LogP contribution in [0.5, 0.6) is 0 Å². The number of likely N-dealkylation sites (tertiary alicyclic amines) is 2. The van der Waals surface area contributed by atoms with Crippen molar-refractivity contribution in [2.24, 2.45) is 5.41 Å². The Hall–Kier alpha value is -3.90. The van der Waals surface area contributed by atoms with Crippen molar-refractivity contribution in [3.05, 3.63) is 54.0 Å². The molecule has 3 aliphatic heterocycles. The summed E-state index contributed by atoms with van der Waals surface area (Å²) in [6, 6.07) is 8.19. The van der Waals surface area contributed by atoms with Crippen molar-refractivity contribution >= 4 is 28.2 Å². The Morgan fingerprint density at radius 1 is 1.22 bits per heavy atom. The van der Waals surface area contributed by atoms with Gasteiger partial charge in [0.1, 0.15) is 6.07 Å². The van der Waals surface area contributed by atoms with Crippen LogP contribution in [0.25, 0.3) is 22.0 Å². The molecule has 6 rings (SSSR count). The molecule has 8 nitrogen and oxygen atoms in total. The summed E-state index contributed by atoms with van der Waals surface area (Å²) in [5.41, 5.74) is 4.54. The number of H-pyrrole nitrogens is 1. The molecule has 0 aliphatic carbocycles. The normalized spacial score (nSPS) is 18.5. The van der Waals surface area contributed by atoms with Crippen molar-refractivity contribution in [1.29, 1.82) is 5.26 Å². The zero-order valence-electron chi connectivity index (χ0n) is 24.0. The van der Waals surface area contributed by atoms with Gasteiger partial charge in [0.25, 0.3) is 0 Å². The first-order chi connectivity index (χ1) is 19.8. The first-order valence-electron chi connectivity index (χ1n) is 14.6. The zero-order valence-corrected chi connectivity index (χ0v) is 24.0. The molecule has 2 aromatic carbocycles. The van der Waals surface area contributed by atoms with Crippen LogP contribution in [-0.2, 0) is 4.79 Å². The van der Waals surface area contributed by atoms with Crippen molar-refractivity contribution in [3.8, 4) is 17.2 Å². The number of aryl methyl sites for hydroxylation is 1. The molecule has 0 bridgehead atoms. The molecule has 9 heteroatoms. The molecule has 0 unspecified atom stereocenters. The second-order valence-electron chi connectivity index (χ2n) is 12.0. The Labute approximate surface area is 241 Å². The SMILES string of the molecule is C=CC(=O)N1CC2(CCN(c3cc(N(C)CCN4CCCC4)c(F)c(-c4c(C)ccc5[nH]ncc45)c3C#N)CC2)C1. The summed E-state index contributed by atoms with van der Waals surface area (Å²) in [5.74, 6) is -0.379. The molecule has 41 heavy (non-hydrogen) atoms. The molecule has 1 spiro atoms. The Kier molecular flexibility index (Phi) is 7.20. The fourth-order valence-electron chi connectivity index (χ4n) is 6.97. The van der Waals surface area contributed by atoms with Gasteiger partial charge in [-0.25, -0.2) is 4.39 Å². The van der Waals surface area contributed by atoms with Crippen LogP contribution in [0.2, 0.25) is 0 Å². The van der Waals surface area contributed by atoms with Gasteiger partial charge in [0.05, 0.1) is 28.7 Å². The van der Waals surface area contributed by atoms with Crippen molar-refractivity contribution in [1.82, 2.24) is 20.0 Å². The van der Waals surface area contributed by atoms with Gasteiger partial charge in [-0.1, -0.05) is 12.6 Å². The summed E-state index contributed by atoms with van der Waals surface area (Å²) >= 11 is 0. The number of hydrogen-bond donors (Lipinski definition) is 1. The van der Waals surface area contributed by atoms with Gasteiger partial charge < -0.3 is 19.6 Å². The van der Waals surface area contributed by atoms with E-state index in [1.807, 2.05) is 42.0 Å². The number of nitriles is 1. The Morgan fingerprint density at radius 2 is 1.95 bits per heavy atom. The van der Waals surface area contributed by atoms with Gasteiger partial charge in [-0.3, -0.25) is 9.89 Å². The van der Waals surface area contributed by atoms with Crippen molar-refractivity contribution < 1.29 is 9.18 Å². The molecule has 1 aromatic heterocycles. The smallest absolute Gasteiger partial charge is 0.245 e. The topological polar surface area (TPSA) is 82.5 Å². The summed E-state index contributed by atoms with van der Waals surface area (Å²) in [7, 11) is 1.95. The van der Waals surface area contributed by atoms with Gasteiger partial charge in [-0.15, -0.1) is 0 Å². The number of hydrogen-bond acceptors (Lipinski definition) is 6. The van der Waals surface area contributed by atoms with E-state index in [1.54, 1.807) is 6.20 Å². The van der Waals surface area contributed by atoms with Crippen LogP contribution in [0.4, 0.5) is 15.8 Å². The maximum atomic E-state index is 16.8. The first kappa shape index (κ1) is 27.3. The number of benzene rings is 2. The van der Waals surface area contributed by atoms with Crippen LogP contribution >= 0.6 is 0 Å². The lowest BCUT2D eigenvalue weighted by Gasteiger charge is -2.54. The van der Waals surface area contributed by atoms with Crippen LogP contribution in [0.3, 0.4) is 0 Å². The van der Waals surface area contributed by atoms with Gasteiger partial charge in [0.15, 0.2) is 5.82 Å². The third-order valence-electron chi connectivity index (χ3n) is 9.48. The zero-order chi connectivity index (χ0) is 28.7. The molecule has 4 heterocycles. The van der Waals surface area contributed by atoms with E-state index >= 15 is 4.39 Å². The maximum absolute atomic E-state index is 16.8. The van der Waals surface area contributed by atoms with E-state index in [0.717, 1.165) is 80.8 Å². The highest BCUT2D eigenvalue weighted by molar-refractivity contribution is 6.00. The number of anilines is 2. The van der Waals surface area contributed by atoms with E-state index in [2.05, 4.69) is 32.6 Å². The van der Waals surface area contributed by atoms with Crippen molar-refractivity contribution in [3.63, 3.8) is 0 Å². The second kappa shape index (κ2) is 10.8. The number of nitrogens with zero attached hydrogens (tertiary/aromatic N) is 6. The third kappa shape index (κ3) is 4.84. The molecule has 3 aliphatic rings. The molecule has 1 N–H and O–H groups in total. The number of piperidine rings is 1. The maximum Gasteiger partial charge on any atom is 0.245 e. The first-order valence-corrected chi connectivity index (χ1v) is 14.6. The lowest BCUT2D eigenvalue weighted by Crippen LogP contribution is -2.61. The minimum absolute atomic E-state index is 0.0154. The van der Waals surface area contributed by atoms with Crippen LogP contribution in [0, 0.1) is 29.5 Å². The number of amides is 1. The van der Waals surface area contributed by atoms with E-state index < -0.39 is 0 Å². The summed E-state index contributed by atoms with van der Waals surface area (Å²) in [5, 5.41) is 18.6. The van der Waals surface area contributed by atoms with Gasteiger partial charge in [-0.2, -0.15) is 10.4 Å². The molecule has 1 amide bonds. The lowest BCUT2D eigenvalue weighted by molar-refractivity contribution is -0.139. The Balaban J connectivity index is 1.39. The Bertz CT molecular complexity index is 1520. The van der Waals surface area contributed by atoms with Gasteiger partial charge >= 0.3 is 0 Å². The number of aromatic amines is 1. The highest BCUT2D eigenvalue weighted by Gasteiger charge is 2.46. The van der Waals surface area contributed by atoms with Crippen molar-refractivity contribution in [2.45, 2.75) is 32.6 Å². The van der Waals surface area contributed by atoms with Crippen LogP contribution in [-0.4, -0.2) is 85.3 Å². The van der Waals surface area contributed by atoms with Crippen LogP contribution in [0.1, 0.15) is 36.8 Å². The Morgan fingerprint density at radius 3 is 2.63 bits per heavy atom. The average molecular weight is 556 g/mol. The highest BCUT2D eigenvalue weighted by atomic mass is 19.1. The molecule has 3 saturated heterocycles. The summed E-state index contributed by atoms with van der Waals surface area (Å²) < 4.78 is 16.8. The second-order valence-corrected chi connectivity index (χ2v) is 12.0.